The van der Waals surface area contributed by atoms with E-state index in [1.54, 1.807) is 41.2 Å². The maximum Gasteiger partial charge on any atom is 0.261 e. The number of hydrogen-bond acceptors (Lipinski definition) is 4. The second-order valence-electron chi connectivity index (χ2n) is 7.62. The summed E-state index contributed by atoms with van der Waals surface area (Å²) in [6, 6.07) is 22.6. The Bertz CT molecular complexity index is 1320. The van der Waals surface area contributed by atoms with E-state index in [0.29, 0.717) is 23.5 Å². The van der Waals surface area contributed by atoms with Crippen LogP contribution in [0.2, 0.25) is 0 Å². The Labute approximate surface area is 184 Å². The third kappa shape index (κ3) is 3.54. The van der Waals surface area contributed by atoms with Gasteiger partial charge in [-0.3, -0.25) is 19.3 Å². The molecule has 3 amide bonds. The summed E-state index contributed by atoms with van der Waals surface area (Å²) in [4.78, 5) is 38.6. The van der Waals surface area contributed by atoms with Crippen molar-refractivity contribution in [2.75, 3.05) is 11.9 Å². The number of aromatic nitrogens is 2. The SMILES string of the molecule is O=C(CCN1C(=O)c2ccccc2C1=O)Nc1ccnn1Cc1cccc2ccccc12. The molecule has 1 aliphatic rings. The molecule has 32 heavy (non-hydrogen) atoms. The Balaban J connectivity index is 1.25. The van der Waals surface area contributed by atoms with Crippen LogP contribution in [-0.2, 0) is 11.3 Å². The minimum atomic E-state index is -0.362. The van der Waals surface area contributed by atoms with E-state index in [4.69, 9.17) is 0 Å². The number of nitrogens with one attached hydrogen (secondary N) is 1. The number of anilines is 1. The Kier molecular flexibility index (Phi) is 4.99. The minimum absolute atomic E-state index is 0.00488. The van der Waals surface area contributed by atoms with Crippen molar-refractivity contribution in [1.82, 2.24) is 14.7 Å². The first kappa shape index (κ1) is 19.7. The summed E-state index contributed by atoms with van der Waals surface area (Å²) < 4.78 is 1.72. The van der Waals surface area contributed by atoms with Crippen LogP contribution in [0.1, 0.15) is 32.7 Å². The summed E-state index contributed by atoms with van der Waals surface area (Å²) in [7, 11) is 0. The highest BCUT2D eigenvalue weighted by Gasteiger charge is 2.35. The molecule has 5 rings (SSSR count). The van der Waals surface area contributed by atoms with Gasteiger partial charge in [0, 0.05) is 19.0 Å². The average Bonchev–Trinajstić information content (AvgIpc) is 3.34. The fourth-order valence-electron chi connectivity index (χ4n) is 4.02. The summed E-state index contributed by atoms with van der Waals surface area (Å²) in [6.07, 6.45) is 1.63. The molecule has 0 unspecified atom stereocenters. The molecule has 0 saturated heterocycles. The highest BCUT2D eigenvalue weighted by atomic mass is 16.2. The smallest absolute Gasteiger partial charge is 0.261 e. The molecule has 7 heteroatoms. The lowest BCUT2D eigenvalue weighted by molar-refractivity contribution is -0.116. The van der Waals surface area contributed by atoms with Crippen molar-refractivity contribution in [2.24, 2.45) is 0 Å². The van der Waals surface area contributed by atoms with Gasteiger partial charge in [0.15, 0.2) is 0 Å². The summed E-state index contributed by atoms with van der Waals surface area (Å²) in [5.74, 6) is -0.453. The van der Waals surface area contributed by atoms with E-state index in [2.05, 4.69) is 28.6 Å². The maximum absolute atomic E-state index is 12.6. The number of nitrogens with zero attached hydrogens (tertiary/aromatic N) is 3. The van der Waals surface area contributed by atoms with E-state index < -0.39 is 0 Å². The lowest BCUT2D eigenvalue weighted by Gasteiger charge is -2.14. The summed E-state index contributed by atoms with van der Waals surface area (Å²) in [5.41, 5.74) is 1.85. The molecule has 2 heterocycles. The number of amides is 3. The van der Waals surface area contributed by atoms with Gasteiger partial charge in [0.25, 0.3) is 11.8 Å². The number of carbonyl (C=O) groups excluding carboxylic acids is 3. The van der Waals surface area contributed by atoms with Crippen LogP contribution in [-0.4, -0.2) is 38.9 Å². The monoisotopic (exact) mass is 424 g/mol. The molecule has 0 radical (unpaired) electrons. The topological polar surface area (TPSA) is 84.3 Å². The Morgan fingerprint density at radius 2 is 1.53 bits per heavy atom. The molecule has 1 aliphatic heterocycles. The molecule has 0 aliphatic carbocycles. The zero-order valence-corrected chi connectivity index (χ0v) is 17.2. The van der Waals surface area contributed by atoms with Crippen molar-refractivity contribution in [1.29, 1.82) is 0 Å². The first-order valence-electron chi connectivity index (χ1n) is 10.4. The first-order chi connectivity index (χ1) is 15.6. The Hall–Kier alpha value is -4.26. The van der Waals surface area contributed by atoms with Gasteiger partial charge in [0.2, 0.25) is 5.91 Å². The normalized spacial score (nSPS) is 12.9. The van der Waals surface area contributed by atoms with Gasteiger partial charge < -0.3 is 5.32 Å². The van der Waals surface area contributed by atoms with Crippen molar-refractivity contribution in [3.05, 3.63) is 95.7 Å². The molecule has 158 valence electrons. The molecule has 1 aromatic heterocycles. The van der Waals surface area contributed by atoms with Crippen LogP contribution >= 0.6 is 0 Å². The van der Waals surface area contributed by atoms with Crippen LogP contribution < -0.4 is 5.32 Å². The zero-order valence-electron chi connectivity index (χ0n) is 17.2. The second kappa shape index (κ2) is 8.11. The first-order valence-corrected chi connectivity index (χ1v) is 10.4. The standard InChI is InChI=1S/C25H20N4O3/c30-23(13-15-28-24(31)20-10-3-4-11-21(20)25(28)32)27-22-12-14-26-29(22)16-18-8-5-7-17-6-1-2-9-19(17)18/h1-12,14H,13,15-16H2,(H,27,30). The number of fused-ring (bicyclic) bond motifs is 2. The van der Waals surface area contributed by atoms with Gasteiger partial charge in [0.05, 0.1) is 23.9 Å². The van der Waals surface area contributed by atoms with Gasteiger partial charge in [-0.15, -0.1) is 0 Å². The van der Waals surface area contributed by atoms with Crippen LogP contribution in [0.5, 0.6) is 0 Å². The fourth-order valence-corrected chi connectivity index (χ4v) is 4.02. The van der Waals surface area contributed by atoms with Gasteiger partial charge in [-0.1, -0.05) is 54.6 Å². The lowest BCUT2D eigenvalue weighted by atomic mass is 10.0. The predicted octanol–water partition coefficient (Wildman–Crippen LogP) is 3.71. The van der Waals surface area contributed by atoms with Crippen molar-refractivity contribution in [2.45, 2.75) is 13.0 Å². The number of benzene rings is 3. The second-order valence-corrected chi connectivity index (χ2v) is 7.62. The molecule has 0 atom stereocenters. The number of hydrogen-bond donors (Lipinski definition) is 1. The van der Waals surface area contributed by atoms with E-state index in [-0.39, 0.29) is 30.7 Å². The largest absolute Gasteiger partial charge is 0.311 e. The van der Waals surface area contributed by atoms with Gasteiger partial charge in [-0.25, -0.2) is 4.68 Å². The van der Waals surface area contributed by atoms with Gasteiger partial charge in [-0.2, -0.15) is 5.10 Å². The molecule has 3 aromatic carbocycles. The van der Waals surface area contributed by atoms with Crippen molar-refractivity contribution < 1.29 is 14.4 Å². The van der Waals surface area contributed by atoms with E-state index in [0.717, 1.165) is 21.2 Å². The lowest BCUT2D eigenvalue weighted by Crippen LogP contribution is -2.33. The number of carbonyl (C=O) groups is 3. The quantitative estimate of drug-likeness (QED) is 0.478. The third-order valence-electron chi connectivity index (χ3n) is 5.62. The molecule has 1 N–H and O–H groups in total. The minimum Gasteiger partial charge on any atom is -0.311 e. The highest BCUT2D eigenvalue weighted by Crippen LogP contribution is 2.23. The Morgan fingerprint density at radius 3 is 2.31 bits per heavy atom. The molecule has 0 bridgehead atoms. The molecular formula is C25H20N4O3. The van der Waals surface area contributed by atoms with Crippen LogP contribution in [0.25, 0.3) is 10.8 Å². The molecule has 0 saturated carbocycles. The van der Waals surface area contributed by atoms with Crippen LogP contribution in [0.4, 0.5) is 5.82 Å². The molecular weight excluding hydrogens is 404 g/mol. The van der Waals surface area contributed by atoms with E-state index >= 15 is 0 Å². The number of imide groups is 1. The van der Waals surface area contributed by atoms with Gasteiger partial charge in [-0.05, 0) is 28.5 Å². The van der Waals surface area contributed by atoms with Crippen LogP contribution in [0, 0.1) is 0 Å². The van der Waals surface area contributed by atoms with Crippen molar-refractivity contribution in [3.63, 3.8) is 0 Å². The fraction of sp³-hybridized carbons (Fsp3) is 0.120. The predicted molar refractivity (Wildman–Crippen MR) is 120 cm³/mol. The van der Waals surface area contributed by atoms with E-state index in [1.807, 2.05) is 24.3 Å². The third-order valence-corrected chi connectivity index (χ3v) is 5.62. The van der Waals surface area contributed by atoms with Crippen molar-refractivity contribution in [3.8, 4) is 0 Å². The van der Waals surface area contributed by atoms with Gasteiger partial charge in [0.1, 0.15) is 5.82 Å². The maximum atomic E-state index is 12.6. The molecule has 0 fully saturated rings. The summed E-state index contributed by atoms with van der Waals surface area (Å²) >= 11 is 0. The summed E-state index contributed by atoms with van der Waals surface area (Å²) in [6.45, 7) is 0.526. The highest BCUT2D eigenvalue weighted by molar-refractivity contribution is 6.21. The van der Waals surface area contributed by atoms with Crippen molar-refractivity contribution >= 4 is 34.3 Å². The number of rotatable bonds is 6. The van der Waals surface area contributed by atoms with Gasteiger partial charge >= 0.3 is 0 Å². The molecule has 0 spiro atoms. The van der Waals surface area contributed by atoms with Crippen LogP contribution in [0.3, 0.4) is 0 Å². The zero-order chi connectivity index (χ0) is 22.1. The van der Waals surface area contributed by atoms with E-state index in [9.17, 15) is 14.4 Å². The van der Waals surface area contributed by atoms with Crippen LogP contribution in [0.15, 0.2) is 79.0 Å². The Morgan fingerprint density at radius 1 is 0.844 bits per heavy atom. The van der Waals surface area contributed by atoms with E-state index in [1.165, 1.54) is 0 Å². The summed E-state index contributed by atoms with van der Waals surface area (Å²) in [5, 5.41) is 9.46. The molecule has 4 aromatic rings. The molecule has 7 nitrogen and oxygen atoms in total. The average molecular weight is 424 g/mol.